The Morgan fingerprint density at radius 3 is 1.44 bits per heavy atom. The number of amides is 3. The lowest BCUT2D eigenvalue weighted by atomic mass is 10.2. The summed E-state index contributed by atoms with van der Waals surface area (Å²) in [7, 11) is -15.8. The Balaban J connectivity index is -0.000000606. The lowest BCUT2D eigenvalue weighted by Gasteiger charge is -2.14. The number of carbonyl (C=O) groups excluding carboxylic acids is 6. The third-order valence-corrected chi connectivity index (χ3v) is 8.24. The van der Waals surface area contributed by atoms with Gasteiger partial charge in [-0.3, -0.25) is 28.1 Å². The summed E-state index contributed by atoms with van der Waals surface area (Å²) in [5, 5.41) is 4.80. The van der Waals surface area contributed by atoms with Crippen LogP contribution in [0.4, 0.5) is 0 Å². The van der Waals surface area contributed by atoms with Crippen molar-refractivity contribution >= 4 is 74.0 Å². The van der Waals surface area contributed by atoms with E-state index in [0.29, 0.717) is 18.9 Å². The molecule has 6 N–H and O–H groups in total. The first kappa shape index (κ1) is 46.8. The number of rotatable bonds is 18. The van der Waals surface area contributed by atoms with Crippen molar-refractivity contribution in [3.63, 3.8) is 0 Å². The smallest absolute Gasteiger partial charge is 0.276 e. The Morgan fingerprint density at radius 1 is 0.756 bits per heavy atom. The summed E-state index contributed by atoms with van der Waals surface area (Å²) >= 11 is 0. The average Bonchev–Trinajstić information content (AvgIpc) is 2.86. The van der Waals surface area contributed by atoms with Gasteiger partial charge in [0.2, 0.25) is 25.1 Å². The zero-order valence-corrected chi connectivity index (χ0v) is 28.7. The molecule has 264 valence electrons. The predicted octanol–water partition coefficient (Wildman–Crippen LogP) is -2.71. The standard InChI is InChI=1S/C8H15NO8S2.C7H14NO4P.C7H13NO4S/c1-6(5-10)4-9-8(11)7(19(15,16)17)2-3-18(12,13)14;2*1-6(4-9)3-8-7(10)5-13(2,11)12/h5-7H,2-4H2,1H3,(H,9,11)(H,12,13,14)(H,15,16,17);4,6H,3,5H2,1-2H3,(H,8,10)(H,11,12);4,6H,3,5H2,1-2H3,(H,8,10). The number of hydrogen-bond acceptors (Lipinski definition) is 13. The lowest BCUT2D eigenvalue weighted by molar-refractivity contribution is -0.121. The van der Waals surface area contributed by atoms with Crippen molar-refractivity contribution in [1.82, 2.24) is 16.0 Å². The molecule has 0 rings (SSSR count). The molecule has 0 aromatic heterocycles. The maximum Gasteiger partial charge on any atom is 0.276 e. The normalized spacial score (nSPS) is 15.4. The highest BCUT2D eigenvalue weighted by atomic mass is 32.2. The topological polar surface area (TPSA) is 319 Å². The van der Waals surface area contributed by atoms with Crippen LogP contribution in [0.5, 0.6) is 0 Å². The largest absolute Gasteiger partial charge is 0.355 e. The van der Waals surface area contributed by atoms with Crippen molar-refractivity contribution in [2.75, 3.05) is 50.2 Å². The molecule has 0 heterocycles. The highest BCUT2D eigenvalue weighted by molar-refractivity contribution is 7.91. The second kappa shape index (κ2) is 22.0. The number of hydrogen-bond donors (Lipinski definition) is 6. The third kappa shape index (κ3) is 32.6. The van der Waals surface area contributed by atoms with Gasteiger partial charge in [0, 0.05) is 50.3 Å². The minimum absolute atomic E-state index is 0.153. The minimum Gasteiger partial charge on any atom is -0.355 e. The van der Waals surface area contributed by atoms with Crippen LogP contribution in [0.3, 0.4) is 0 Å². The quantitative estimate of drug-likeness (QED) is 0.0474. The summed E-state index contributed by atoms with van der Waals surface area (Å²) < 4.78 is 92.2. The molecule has 0 aliphatic carbocycles. The molecule has 0 saturated heterocycles. The van der Waals surface area contributed by atoms with E-state index < -0.39 is 90.4 Å². The van der Waals surface area contributed by atoms with Crippen molar-refractivity contribution in [1.29, 1.82) is 0 Å². The fraction of sp³-hybridized carbons (Fsp3) is 0.727. The van der Waals surface area contributed by atoms with Gasteiger partial charge < -0.3 is 35.2 Å². The minimum atomic E-state index is -4.82. The van der Waals surface area contributed by atoms with E-state index in [9.17, 15) is 58.6 Å². The van der Waals surface area contributed by atoms with E-state index in [-0.39, 0.29) is 31.5 Å². The summed E-state index contributed by atoms with van der Waals surface area (Å²) in [6.45, 7) is 6.11. The maximum atomic E-state index is 11.5. The second-order valence-electron chi connectivity index (χ2n) is 10.1. The molecule has 5 atom stereocenters. The van der Waals surface area contributed by atoms with Crippen molar-refractivity contribution < 1.29 is 72.6 Å². The molecule has 0 aliphatic rings. The fourth-order valence-electron chi connectivity index (χ4n) is 2.35. The number of carbonyl (C=O) groups is 6. The molecule has 3 amide bonds. The van der Waals surface area contributed by atoms with E-state index in [1.54, 1.807) is 13.8 Å². The molecule has 0 aliphatic heterocycles. The molecule has 0 aromatic carbocycles. The second-order valence-corrected chi connectivity index (χ2v) is 17.8. The van der Waals surface area contributed by atoms with Gasteiger partial charge in [-0.2, -0.15) is 16.8 Å². The summed E-state index contributed by atoms with van der Waals surface area (Å²) in [4.78, 5) is 72.7. The Labute approximate surface area is 262 Å². The van der Waals surface area contributed by atoms with Gasteiger partial charge in [0.1, 0.15) is 30.8 Å². The van der Waals surface area contributed by atoms with Gasteiger partial charge in [-0.1, -0.05) is 20.8 Å². The van der Waals surface area contributed by atoms with E-state index in [2.05, 4.69) is 16.0 Å². The molecule has 5 unspecified atom stereocenters. The van der Waals surface area contributed by atoms with Crippen LogP contribution >= 0.6 is 7.37 Å². The SMILES string of the molecule is CC(C=O)CNC(=O)C(CCS(=O)(=O)O)S(=O)(=O)O.CC(C=O)CNC(=O)CP(C)(=O)O.CC(C=O)CNC(=O)CS(C)(=O)=O. The number of nitrogens with one attached hydrogen (secondary N) is 3. The molecule has 23 heteroatoms. The van der Waals surface area contributed by atoms with Gasteiger partial charge in [0.25, 0.3) is 20.2 Å². The summed E-state index contributed by atoms with van der Waals surface area (Å²) in [5.74, 6) is -4.85. The molecule has 19 nitrogen and oxygen atoms in total. The molecule has 0 aromatic rings. The monoisotopic (exact) mass is 731 g/mol. The molecule has 0 radical (unpaired) electrons. The molecule has 0 saturated carbocycles. The summed E-state index contributed by atoms with van der Waals surface area (Å²) in [5.41, 5.74) is 0. The van der Waals surface area contributed by atoms with Crippen LogP contribution in [0.2, 0.25) is 0 Å². The van der Waals surface area contributed by atoms with Gasteiger partial charge in [-0.05, 0) is 6.42 Å². The van der Waals surface area contributed by atoms with Crippen LogP contribution in [0.15, 0.2) is 0 Å². The van der Waals surface area contributed by atoms with Crippen LogP contribution < -0.4 is 16.0 Å². The first-order valence-electron chi connectivity index (χ1n) is 12.7. The van der Waals surface area contributed by atoms with Gasteiger partial charge in [-0.15, -0.1) is 0 Å². The molecular formula is C22H42N3O16PS3. The Bertz CT molecular complexity index is 1360. The average molecular weight is 732 g/mol. The Hall–Kier alpha value is -2.62. The first-order valence-corrected chi connectivity index (χ1v) is 20.2. The first-order chi connectivity index (χ1) is 20.2. The zero-order chi connectivity index (χ0) is 36.2. The van der Waals surface area contributed by atoms with Crippen molar-refractivity contribution in [2.24, 2.45) is 17.8 Å². The van der Waals surface area contributed by atoms with Crippen molar-refractivity contribution in [3.05, 3.63) is 0 Å². The predicted molar refractivity (Wildman–Crippen MR) is 161 cm³/mol. The summed E-state index contributed by atoms with van der Waals surface area (Å²) in [6, 6.07) is 0. The Kier molecular flexibility index (Phi) is 22.9. The van der Waals surface area contributed by atoms with Gasteiger partial charge >= 0.3 is 0 Å². The van der Waals surface area contributed by atoms with Crippen LogP contribution in [0, 0.1) is 17.8 Å². The van der Waals surface area contributed by atoms with Crippen LogP contribution in [0.1, 0.15) is 27.2 Å². The lowest BCUT2D eigenvalue weighted by Crippen LogP contribution is -2.42. The number of sulfone groups is 1. The highest BCUT2D eigenvalue weighted by Gasteiger charge is 2.32. The van der Waals surface area contributed by atoms with Crippen LogP contribution in [-0.4, -0.2) is 131 Å². The van der Waals surface area contributed by atoms with E-state index in [1.165, 1.54) is 6.92 Å². The highest BCUT2D eigenvalue weighted by Crippen LogP contribution is 2.33. The van der Waals surface area contributed by atoms with Crippen molar-refractivity contribution in [3.8, 4) is 0 Å². The van der Waals surface area contributed by atoms with Crippen molar-refractivity contribution in [2.45, 2.75) is 32.4 Å². The summed E-state index contributed by atoms with van der Waals surface area (Å²) in [6.07, 6.45) is 1.74. The van der Waals surface area contributed by atoms with E-state index >= 15 is 0 Å². The zero-order valence-electron chi connectivity index (χ0n) is 25.3. The van der Waals surface area contributed by atoms with Gasteiger partial charge in [-0.25, -0.2) is 8.42 Å². The Morgan fingerprint density at radius 2 is 1.13 bits per heavy atom. The maximum absolute atomic E-state index is 11.5. The molecule has 0 spiro atoms. The van der Waals surface area contributed by atoms with E-state index in [0.717, 1.165) is 12.9 Å². The van der Waals surface area contributed by atoms with Gasteiger partial charge in [0.15, 0.2) is 15.1 Å². The van der Waals surface area contributed by atoms with Crippen LogP contribution in [0.25, 0.3) is 0 Å². The molecule has 45 heavy (non-hydrogen) atoms. The van der Waals surface area contributed by atoms with E-state index in [1.807, 2.05) is 0 Å². The van der Waals surface area contributed by atoms with Gasteiger partial charge in [0.05, 0.1) is 5.75 Å². The molecular weight excluding hydrogens is 689 g/mol. The molecule has 0 fully saturated rings. The number of aldehydes is 3. The molecule has 0 bridgehead atoms. The fourth-order valence-corrected chi connectivity index (χ4v) is 5.03. The van der Waals surface area contributed by atoms with Crippen LogP contribution in [-0.2, 0) is 63.4 Å². The third-order valence-electron chi connectivity index (χ3n) is 4.66. The van der Waals surface area contributed by atoms with E-state index in [4.69, 9.17) is 14.0 Å².